The molecule has 0 aromatic heterocycles. The number of hydrazone groups is 1. The first kappa shape index (κ1) is 10.1. The van der Waals surface area contributed by atoms with Crippen molar-refractivity contribution in [2.45, 2.75) is 32.1 Å². The molecule has 1 aliphatic heterocycles. The van der Waals surface area contributed by atoms with Crippen molar-refractivity contribution >= 4 is 17.6 Å². The molecule has 0 aromatic carbocycles. The molecule has 2 aliphatic rings. The van der Waals surface area contributed by atoms with Crippen molar-refractivity contribution in [3.8, 4) is 0 Å². The summed E-state index contributed by atoms with van der Waals surface area (Å²) in [6, 6.07) is 0. The number of carbonyl (C=O) groups excluding carboxylic acids is 1. The topological polar surface area (TPSA) is 78.8 Å². The lowest BCUT2D eigenvalue weighted by molar-refractivity contribution is -0.135. The molecular weight excluding hydrogens is 196 g/mol. The van der Waals surface area contributed by atoms with Gasteiger partial charge in [0, 0.05) is 0 Å². The van der Waals surface area contributed by atoms with Gasteiger partial charge in [-0.15, -0.1) is 0 Å². The van der Waals surface area contributed by atoms with Gasteiger partial charge in [-0.25, -0.2) is 5.43 Å². The van der Waals surface area contributed by atoms with Crippen molar-refractivity contribution in [1.29, 1.82) is 0 Å². The first-order chi connectivity index (χ1) is 7.16. The zero-order valence-corrected chi connectivity index (χ0v) is 8.40. The number of rotatable bonds is 5. The number of aliphatic carboxylic acids is 1. The third-order valence-corrected chi connectivity index (χ3v) is 2.92. The minimum atomic E-state index is -0.929. The Bertz CT molecular complexity index is 321. The zero-order chi connectivity index (χ0) is 10.8. The van der Waals surface area contributed by atoms with Gasteiger partial charge in [0.2, 0.25) is 5.91 Å². The number of hydrogen-bond donors (Lipinski definition) is 2. The molecule has 15 heavy (non-hydrogen) atoms. The van der Waals surface area contributed by atoms with Crippen LogP contribution in [0.3, 0.4) is 0 Å². The van der Waals surface area contributed by atoms with Gasteiger partial charge in [0.15, 0.2) is 0 Å². The summed E-state index contributed by atoms with van der Waals surface area (Å²) in [5.74, 6) is -0.625. The maximum atomic E-state index is 11.4. The average molecular weight is 210 g/mol. The van der Waals surface area contributed by atoms with E-state index < -0.39 is 5.97 Å². The van der Waals surface area contributed by atoms with E-state index in [0.29, 0.717) is 5.71 Å². The maximum absolute atomic E-state index is 11.4. The molecule has 0 aromatic rings. The normalized spacial score (nSPS) is 24.9. The molecule has 1 atom stereocenters. The lowest BCUT2D eigenvalue weighted by Crippen LogP contribution is -2.24. The molecule has 0 spiro atoms. The second kappa shape index (κ2) is 4.00. The summed E-state index contributed by atoms with van der Waals surface area (Å²) >= 11 is 0. The summed E-state index contributed by atoms with van der Waals surface area (Å²) in [7, 11) is 0. The smallest absolute Gasteiger partial charge is 0.309 e. The fourth-order valence-electron chi connectivity index (χ4n) is 1.86. The molecule has 2 rings (SSSR count). The Balaban J connectivity index is 1.89. The summed E-state index contributed by atoms with van der Waals surface area (Å²) < 4.78 is 0. The van der Waals surface area contributed by atoms with Crippen molar-refractivity contribution in [2.24, 2.45) is 16.9 Å². The zero-order valence-electron chi connectivity index (χ0n) is 8.40. The van der Waals surface area contributed by atoms with Gasteiger partial charge in [-0.2, -0.15) is 5.10 Å². The van der Waals surface area contributed by atoms with Crippen LogP contribution in [0.5, 0.6) is 0 Å². The molecule has 5 nitrogen and oxygen atoms in total. The molecule has 1 unspecified atom stereocenters. The lowest BCUT2D eigenvalue weighted by atomic mass is 9.94. The predicted octanol–water partition coefficient (Wildman–Crippen LogP) is 0.753. The highest BCUT2D eigenvalue weighted by Gasteiger charge is 2.32. The monoisotopic (exact) mass is 210 g/mol. The molecule has 1 amide bonds. The van der Waals surface area contributed by atoms with E-state index in [1.165, 1.54) is 12.8 Å². The standard InChI is InChI=1S/C10H14N2O3/c13-9(14)5-8-7(10(15)12-11-8)4-3-6-1-2-6/h6-7H,1-5H2,(H,12,15)(H,13,14). The predicted molar refractivity (Wildman–Crippen MR) is 53.3 cm³/mol. The van der Waals surface area contributed by atoms with E-state index in [9.17, 15) is 9.59 Å². The third kappa shape index (κ3) is 2.55. The number of carboxylic acid groups (broad SMARTS) is 1. The Hall–Kier alpha value is -1.39. The van der Waals surface area contributed by atoms with Crippen molar-refractivity contribution in [3.63, 3.8) is 0 Å². The number of nitrogens with one attached hydrogen (secondary N) is 1. The van der Waals surface area contributed by atoms with Crippen molar-refractivity contribution in [3.05, 3.63) is 0 Å². The van der Waals surface area contributed by atoms with Crippen molar-refractivity contribution in [2.75, 3.05) is 0 Å². The number of hydrogen-bond acceptors (Lipinski definition) is 3. The highest BCUT2D eigenvalue weighted by molar-refractivity contribution is 6.12. The van der Waals surface area contributed by atoms with Crippen LogP contribution in [0.1, 0.15) is 32.1 Å². The maximum Gasteiger partial charge on any atom is 0.309 e. The van der Waals surface area contributed by atoms with Crippen LogP contribution in [-0.4, -0.2) is 22.7 Å². The quantitative estimate of drug-likeness (QED) is 0.702. The largest absolute Gasteiger partial charge is 0.481 e. The second-order valence-corrected chi connectivity index (χ2v) is 4.22. The summed E-state index contributed by atoms with van der Waals surface area (Å²) in [5, 5.41) is 12.4. The Kier molecular flexibility index (Phi) is 2.70. The van der Waals surface area contributed by atoms with Gasteiger partial charge in [-0.05, 0) is 18.8 Å². The Morgan fingerprint density at radius 1 is 1.47 bits per heavy atom. The Labute approximate surface area is 87.5 Å². The van der Waals surface area contributed by atoms with Crippen LogP contribution in [0.4, 0.5) is 0 Å². The number of carbonyl (C=O) groups is 2. The van der Waals surface area contributed by atoms with Crippen LogP contribution in [-0.2, 0) is 9.59 Å². The van der Waals surface area contributed by atoms with E-state index >= 15 is 0 Å². The van der Waals surface area contributed by atoms with Crippen molar-refractivity contribution in [1.82, 2.24) is 5.43 Å². The van der Waals surface area contributed by atoms with E-state index in [1.54, 1.807) is 0 Å². The van der Waals surface area contributed by atoms with E-state index in [1.807, 2.05) is 0 Å². The molecule has 1 fully saturated rings. The average Bonchev–Trinajstić information content (AvgIpc) is 2.92. The van der Waals surface area contributed by atoms with Gasteiger partial charge in [0.25, 0.3) is 0 Å². The first-order valence-corrected chi connectivity index (χ1v) is 5.25. The van der Waals surface area contributed by atoms with Gasteiger partial charge in [-0.1, -0.05) is 12.8 Å². The number of carboxylic acids is 1. The fourth-order valence-corrected chi connectivity index (χ4v) is 1.86. The van der Waals surface area contributed by atoms with Crippen LogP contribution in [0.15, 0.2) is 5.10 Å². The first-order valence-electron chi connectivity index (χ1n) is 5.25. The molecule has 82 valence electrons. The van der Waals surface area contributed by atoms with E-state index in [4.69, 9.17) is 5.11 Å². The Morgan fingerprint density at radius 2 is 2.20 bits per heavy atom. The molecule has 1 aliphatic carbocycles. The van der Waals surface area contributed by atoms with Crippen LogP contribution >= 0.6 is 0 Å². The van der Waals surface area contributed by atoms with Crippen LogP contribution in [0, 0.1) is 11.8 Å². The van der Waals surface area contributed by atoms with E-state index in [-0.39, 0.29) is 18.2 Å². The van der Waals surface area contributed by atoms with Crippen LogP contribution < -0.4 is 5.43 Å². The molecule has 0 saturated heterocycles. The molecule has 1 heterocycles. The number of amides is 1. The summed E-state index contributed by atoms with van der Waals surface area (Å²) in [6.07, 6.45) is 4.12. The van der Waals surface area contributed by atoms with Gasteiger partial charge >= 0.3 is 5.97 Å². The highest BCUT2D eigenvalue weighted by Crippen LogP contribution is 2.35. The SMILES string of the molecule is O=C(O)CC1=NNC(=O)C1CCC1CC1. The van der Waals surface area contributed by atoms with Gasteiger partial charge in [0.05, 0.1) is 18.1 Å². The number of nitrogens with zero attached hydrogens (tertiary/aromatic N) is 1. The van der Waals surface area contributed by atoms with Crippen LogP contribution in [0.25, 0.3) is 0 Å². The van der Waals surface area contributed by atoms with E-state index in [0.717, 1.165) is 18.8 Å². The summed E-state index contributed by atoms with van der Waals surface area (Å²) in [4.78, 5) is 21.9. The second-order valence-electron chi connectivity index (χ2n) is 4.22. The Morgan fingerprint density at radius 3 is 2.80 bits per heavy atom. The summed E-state index contributed by atoms with van der Waals surface area (Å²) in [6.45, 7) is 0. The fraction of sp³-hybridized carbons (Fsp3) is 0.700. The third-order valence-electron chi connectivity index (χ3n) is 2.92. The molecule has 0 radical (unpaired) electrons. The van der Waals surface area contributed by atoms with Gasteiger partial charge < -0.3 is 5.11 Å². The minimum Gasteiger partial charge on any atom is -0.481 e. The molecule has 0 bridgehead atoms. The van der Waals surface area contributed by atoms with Crippen molar-refractivity contribution < 1.29 is 14.7 Å². The summed E-state index contributed by atoms with van der Waals surface area (Å²) in [5.41, 5.74) is 2.83. The lowest BCUT2D eigenvalue weighted by Gasteiger charge is -2.07. The van der Waals surface area contributed by atoms with Gasteiger partial charge in [-0.3, -0.25) is 9.59 Å². The van der Waals surface area contributed by atoms with Crippen LogP contribution in [0.2, 0.25) is 0 Å². The van der Waals surface area contributed by atoms with E-state index in [2.05, 4.69) is 10.5 Å². The molecule has 1 saturated carbocycles. The van der Waals surface area contributed by atoms with Gasteiger partial charge in [0.1, 0.15) is 0 Å². The molecular formula is C10H14N2O3. The highest BCUT2D eigenvalue weighted by atomic mass is 16.4. The molecule has 5 heteroatoms. The minimum absolute atomic E-state index is 0.131. The molecule has 2 N–H and O–H groups in total.